The number of nitrogens with zero attached hydrogens (tertiary/aromatic N) is 2. The third kappa shape index (κ3) is 3.52. The van der Waals surface area contributed by atoms with E-state index in [1.54, 1.807) is 42.2 Å². The lowest BCUT2D eigenvalue weighted by Gasteiger charge is -2.39. The van der Waals surface area contributed by atoms with Crippen molar-refractivity contribution in [3.05, 3.63) is 81.0 Å². The molecule has 0 saturated heterocycles. The van der Waals surface area contributed by atoms with Gasteiger partial charge in [0.25, 0.3) is 5.91 Å². The Balaban J connectivity index is 1.90. The number of benzene rings is 2. The molecule has 2 heterocycles. The molecule has 3 aromatic rings. The van der Waals surface area contributed by atoms with Gasteiger partial charge in [-0.15, -0.1) is 0 Å². The highest BCUT2D eigenvalue weighted by Crippen LogP contribution is 2.41. The molecule has 154 valence electrons. The molecule has 2 aromatic carbocycles. The van der Waals surface area contributed by atoms with E-state index in [-0.39, 0.29) is 18.1 Å². The van der Waals surface area contributed by atoms with Gasteiger partial charge >= 0.3 is 0 Å². The van der Waals surface area contributed by atoms with Crippen LogP contribution in [0.2, 0.25) is 5.02 Å². The zero-order chi connectivity index (χ0) is 21.4. The maximum atomic E-state index is 13.9. The number of aryl methyl sites for hydroxylation is 1. The van der Waals surface area contributed by atoms with E-state index in [4.69, 9.17) is 16.3 Å². The van der Waals surface area contributed by atoms with E-state index >= 15 is 0 Å². The minimum atomic E-state index is -0.417. The number of rotatable bonds is 4. The number of carbonyl (C=O) groups excluding carboxylic acids is 1. The molecule has 30 heavy (non-hydrogen) atoms. The molecule has 0 radical (unpaired) electrons. The molecule has 1 aliphatic rings. The Bertz CT molecular complexity index is 1190. The first-order chi connectivity index (χ1) is 14.4. The van der Waals surface area contributed by atoms with E-state index in [1.165, 1.54) is 18.2 Å². The van der Waals surface area contributed by atoms with E-state index in [0.29, 0.717) is 45.7 Å². The number of aromatic nitrogens is 1. The van der Waals surface area contributed by atoms with Gasteiger partial charge in [0.05, 0.1) is 29.2 Å². The van der Waals surface area contributed by atoms with Crippen molar-refractivity contribution in [2.45, 2.75) is 13.8 Å². The maximum Gasteiger partial charge on any atom is 0.261 e. The summed E-state index contributed by atoms with van der Waals surface area (Å²) in [4.78, 5) is 31.1. The Morgan fingerprint density at radius 3 is 2.50 bits per heavy atom. The number of halogens is 2. The first-order valence-corrected chi connectivity index (χ1v) is 9.78. The largest absolute Gasteiger partial charge is 0.492 e. The predicted octanol–water partition coefficient (Wildman–Crippen LogP) is 4.63. The highest BCUT2D eigenvalue weighted by atomic mass is 35.5. The van der Waals surface area contributed by atoms with Crippen LogP contribution in [-0.4, -0.2) is 24.2 Å². The van der Waals surface area contributed by atoms with Gasteiger partial charge in [-0.05, 0) is 50.2 Å². The molecule has 8 heteroatoms. The molecular formula is C22H19ClFN3O3. The van der Waals surface area contributed by atoms with Gasteiger partial charge in [-0.2, -0.15) is 0 Å². The number of nitrogens with one attached hydrogen (secondary N) is 1. The molecule has 0 fully saturated rings. The average molecular weight is 428 g/mol. The highest BCUT2D eigenvalue weighted by molar-refractivity contribution is 6.31. The third-order valence-electron chi connectivity index (χ3n) is 4.90. The Kier molecular flexibility index (Phi) is 5.22. The highest BCUT2D eigenvalue weighted by Gasteiger charge is 2.33. The van der Waals surface area contributed by atoms with Crippen LogP contribution in [0.15, 0.2) is 53.3 Å². The second-order valence-corrected chi connectivity index (χ2v) is 7.28. The fraction of sp³-hybridized carbons (Fsp3) is 0.182. The molecule has 0 bridgehead atoms. The summed E-state index contributed by atoms with van der Waals surface area (Å²) in [6.45, 7) is 4.05. The summed E-state index contributed by atoms with van der Waals surface area (Å²) >= 11 is 6.17. The van der Waals surface area contributed by atoms with Crippen molar-refractivity contribution in [2.24, 2.45) is 0 Å². The Morgan fingerprint density at radius 1 is 1.03 bits per heavy atom. The van der Waals surface area contributed by atoms with Crippen molar-refractivity contribution in [2.75, 3.05) is 23.1 Å². The SMILES string of the molecule is CCOc1cc(F)ccc1N1CN(c2ccc(=O)[nH]c2C)C(=O)c2cc(Cl)ccc21. The summed E-state index contributed by atoms with van der Waals surface area (Å²) in [6, 6.07) is 12.3. The second-order valence-electron chi connectivity index (χ2n) is 6.84. The molecule has 1 aliphatic heterocycles. The summed E-state index contributed by atoms with van der Waals surface area (Å²) in [5.74, 6) is -0.301. The van der Waals surface area contributed by atoms with Crippen molar-refractivity contribution < 1.29 is 13.9 Å². The molecule has 0 unspecified atom stereocenters. The number of anilines is 3. The number of ether oxygens (including phenoxy) is 1. The number of fused-ring (bicyclic) bond motifs is 1. The zero-order valence-corrected chi connectivity index (χ0v) is 17.2. The molecule has 1 N–H and O–H groups in total. The van der Waals surface area contributed by atoms with Crippen LogP contribution in [0, 0.1) is 12.7 Å². The van der Waals surface area contributed by atoms with Crippen LogP contribution in [0.25, 0.3) is 0 Å². The standard InChI is InChI=1S/C22H19ClFN3O3/c1-3-30-20-11-15(24)5-7-19(20)26-12-27(17-8-9-21(28)25-13(17)2)22(29)16-10-14(23)4-6-18(16)26/h4-11H,3,12H2,1-2H3,(H,25,28). The summed E-state index contributed by atoms with van der Waals surface area (Å²) in [6.07, 6.45) is 0. The summed E-state index contributed by atoms with van der Waals surface area (Å²) in [5.41, 5.74) is 2.52. The van der Waals surface area contributed by atoms with E-state index in [1.807, 2.05) is 11.8 Å². The Morgan fingerprint density at radius 2 is 1.77 bits per heavy atom. The van der Waals surface area contributed by atoms with Crippen LogP contribution in [0.4, 0.5) is 21.5 Å². The van der Waals surface area contributed by atoms with Gasteiger partial charge in [0.2, 0.25) is 5.56 Å². The third-order valence-corrected chi connectivity index (χ3v) is 5.13. The van der Waals surface area contributed by atoms with Gasteiger partial charge in [-0.25, -0.2) is 4.39 Å². The van der Waals surface area contributed by atoms with Crippen LogP contribution in [0.3, 0.4) is 0 Å². The van der Waals surface area contributed by atoms with E-state index in [0.717, 1.165) is 0 Å². The minimum absolute atomic E-state index is 0.145. The fourth-order valence-corrected chi connectivity index (χ4v) is 3.75. The quantitative estimate of drug-likeness (QED) is 0.659. The first-order valence-electron chi connectivity index (χ1n) is 9.40. The lowest BCUT2D eigenvalue weighted by Crippen LogP contribution is -2.45. The fourth-order valence-electron chi connectivity index (χ4n) is 3.58. The molecule has 0 spiro atoms. The molecule has 0 aliphatic carbocycles. The van der Waals surface area contributed by atoms with Gasteiger partial charge < -0.3 is 14.6 Å². The molecule has 0 atom stereocenters. The normalized spacial score (nSPS) is 13.4. The summed E-state index contributed by atoms with van der Waals surface area (Å²) in [7, 11) is 0. The van der Waals surface area contributed by atoms with Crippen LogP contribution < -0.4 is 20.1 Å². The van der Waals surface area contributed by atoms with E-state index in [2.05, 4.69) is 4.98 Å². The molecule has 4 rings (SSSR count). The smallest absolute Gasteiger partial charge is 0.261 e. The van der Waals surface area contributed by atoms with Crippen molar-refractivity contribution >= 4 is 34.6 Å². The van der Waals surface area contributed by atoms with Gasteiger partial charge in [0, 0.05) is 22.8 Å². The molecule has 1 amide bonds. The molecule has 6 nitrogen and oxygen atoms in total. The van der Waals surface area contributed by atoms with Crippen LogP contribution in [0.5, 0.6) is 5.75 Å². The van der Waals surface area contributed by atoms with Crippen LogP contribution in [0.1, 0.15) is 23.0 Å². The number of H-pyrrole nitrogens is 1. The van der Waals surface area contributed by atoms with Gasteiger partial charge in [0.15, 0.2) is 0 Å². The number of pyridine rings is 1. The van der Waals surface area contributed by atoms with Crippen molar-refractivity contribution in [1.82, 2.24) is 4.98 Å². The first kappa shape index (κ1) is 20.0. The minimum Gasteiger partial charge on any atom is -0.492 e. The Hall–Kier alpha value is -3.32. The topological polar surface area (TPSA) is 65.6 Å². The van der Waals surface area contributed by atoms with Crippen molar-refractivity contribution in [1.29, 1.82) is 0 Å². The van der Waals surface area contributed by atoms with Gasteiger partial charge in [0.1, 0.15) is 18.2 Å². The summed E-state index contributed by atoms with van der Waals surface area (Å²) < 4.78 is 19.5. The molecule has 1 aromatic heterocycles. The number of hydrogen-bond acceptors (Lipinski definition) is 4. The lowest BCUT2D eigenvalue weighted by atomic mass is 10.1. The number of carbonyl (C=O) groups is 1. The van der Waals surface area contributed by atoms with Gasteiger partial charge in [-0.1, -0.05) is 11.6 Å². The second kappa shape index (κ2) is 7.84. The van der Waals surface area contributed by atoms with Crippen molar-refractivity contribution in [3.8, 4) is 5.75 Å². The Labute approximate surface area is 177 Å². The molecular weight excluding hydrogens is 409 g/mol. The van der Waals surface area contributed by atoms with Crippen LogP contribution >= 0.6 is 11.6 Å². The predicted molar refractivity (Wildman–Crippen MR) is 115 cm³/mol. The van der Waals surface area contributed by atoms with Gasteiger partial charge in [-0.3, -0.25) is 14.5 Å². The number of amides is 1. The average Bonchev–Trinajstić information content (AvgIpc) is 2.70. The molecule has 0 saturated carbocycles. The summed E-state index contributed by atoms with van der Waals surface area (Å²) in [5, 5.41) is 0.422. The van der Waals surface area contributed by atoms with E-state index in [9.17, 15) is 14.0 Å². The van der Waals surface area contributed by atoms with Crippen molar-refractivity contribution in [3.63, 3.8) is 0 Å². The lowest BCUT2D eigenvalue weighted by molar-refractivity contribution is 0.0983. The zero-order valence-electron chi connectivity index (χ0n) is 16.4. The maximum absolute atomic E-state index is 13.9. The number of aromatic amines is 1. The monoisotopic (exact) mass is 427 g/mol. The van der Waals surface area contributed by atoms with E-state index < -0.39 is 5.82 Å². The number of hydrogen-bond donors (Lipinski definition) is 1. The van der Waals surface area contributed by atoms with Crippen LogP contribution in [-0.2, 0) is 0 Å².